The van der Waals surface area contributed by atoms with Gasteiger partial charge >= 0.3 is 5.97 Å². The van der Waals surface area contributed by atoms with E-state index >= 15 is 0 Å². The Morgan fingerprint density at radius 1 is 1.32 bits per heavy atom. The van der Waals surface area contributed by atoms with Gasteiger partial charge in [0, 0.05) is 13.1 Å². The van der Waals surface area contributed by atoms with Gasteiger partial charge in [0.05, 0.1) is 24.0 Å². The van der Waals surface area contributed by atoms with Gasteiger partial charge in [-0.2, -0.15) is 4.68 Å². The summed E-state index contributed by atoms with van der Waals surface area (Å²) in [6.45, 7) is 7.29. The first-order valence-corrected chi connectivity index (χ1v) is 10.4. The lowest BCUT2D eigenvalue weighted by atomic mass is 9.98. The van der Waals surface area contributed by atoms with Crippen molar-refractivity contribution >= 4 is 23.6 Å². The van der Waals surface area contributed by atoms with Crippen LogP contribution in [0, 0.1) is 19.8 Å². The summed E-state index contributed by atoms with van der Waals surface area (Å²) in [6.07, 6.45) is 1.57. The third kappa shape index (κ3) is 4.52. The highest BCUT2D eigenvalue weighted by Gasteiger charge is 2.29. The average Bonchev–Trinajstić information content (AvgIpc) is 3.17. The zero-order chi connectivity index (χ0) is 20.1. The van der Waals surface area contributed by atoms with Crippen LogP contribution in [0.25, 0.3) is 5.69 Å². The predicted octanol–water partition coefficient (Wildman–Crippen LogP) is 2.17. The number of nitrogens with zero attached hydrogens (tertiary/aromatic N) is 5. The van der Waals surface area contributed by atoms with Crippen molar-refractivity contribution in [2.75, 3.05) is 25.4 Å². The zero-order valence-corrected chi connectivity index (χ0v) is 17.2. The van der Waals surface area contributed by atoms with Crippen LogP contribution in [0.1, 0.15) is 30.9 Å². The molecule has 9 heteroatoms. The van der Waals surface area contributed by atoms with E-state index in [1.807, 2.05) is 32.0 Å². The fourth-order valence-corrected chi connectivity index (χ4v) is 4.05. The molecule has 1 fully saturated rings. The molecule has 2 heterocycles. The van der Waals surface area contributed by atoms with Crippen LogP contribution in [0.15, 0.2) is 23.4 Å². The number of hydrogen-bond donors (Lipinski definition) is 0. The van der Waals surface area contributed by atoms with Gasteiger partial charge in [0.1, 0.15) is 0 Å². The molecule has 1 aliphatic heterocycles. The zero-order valence-electron chi connectivity index (χ0n) is 16.4. The molecular formula is C19H25N5O3S. The molecule has 1 amide bonds. The first kappa shape index (κ1) is 20.3. The van der Waals surface area contributed by atoms with E-state index in [2.05, 4.69) is 15.5 Å². The molecule has 2 aromatic rings. The van der Waals surface area contributed by atoms with E-state index < -0.39 is 0 Å². The van der Waals surface area contributed by atoms with Gasteiger partial charge in [-0.3, -0.25) is 9.59 Å². The van der Waals surface area contributed by atoms with E-state index in [1.54, 1.807) is 16.5 Å². The smallest absolute Gasteiger partial charge is 0.310 e. The molecule has 0 aliphatic carbocycles. The van der Waals surface area contributed by atoms with Crippen molar-refractivity contribution in [1.82, 2.24) is 25.1 Å². The molecule has 0 radical (unpaired) electrons. The fourth-order valence-electron chi connectivity index (χ4n) is 3.26. The summed E-state index contributed by atoms with van der Waals surface area (Å²) in [4.78, 5) is 26.4. The number of ether oxygens (including phenoxy) is 1. The van der Waals surface area contributed by atoms with Crippen LogP contribution >= 0.6 is 11.8 Å². The van der Waals surface area contributed by atoms with Crippen LogP contribution in [0.4, 0.5) is 0 Å². The molecule has 0 bridgehead atoms. The molecule has 28 heavy (non-hydrogen) atoms. The van der Waals surface area contributed by atoms with Crippen LogP contribution in [0.3, 0.4) is 0 Å². The number of rotatable bonds is 6. The highest BCUT2D eigenvalue weighted by atomic mass is 32.2. The Kier molecular flexibility index (Phi) is 6.66. The number of tetrazole rings is 1. The Morgan fingerprint density at radius 3 is 2.93 bits per heavy atom. The van der Waals surface area contributed by atoms with Crippen LogP contribution in [0.5, 0.6) is 0 Å². The van der Waals surface area contributed by atoms with Gasteiger partial charge in [0.25, 0.3) is 0 Å². The number of amides is 1. The van der Waals surface area contributed by atoms with Gasteiger partial charge in [-0.25, -0.2) is 0 Å². The molecule has 1 unspecified atom stereocenters. The minimum Gasteiger partial charge on any atom is -0.466 e. The number of esters is 1. The number of carbonyl (C=O) groups is 2. The minimum absolute atomic E-state index is 0.0190. The molecule has 1 saturated heterocycles. The van der Waals surface area contributed by atoms with Gasteiger partial charge < -0.3 is 9.64 Å². The Balaban J connectivity index is 1.64. The van der Waals surface area contributed by atoms with E-state index in [-0.39, 0.29) is 23.5 Å². The second kappa shape index (κ2) is 9.18. The predicted molar refractivity (Wildman–Crippen MR) is 105 cm³/mol. The van der Waals surface area contributed by atoms with Gasteiger partial charge in [-0.1, -0.05) is 23.9 Å². The second-order valence-electron chi connectivity index (χ2n) is 6.81. The van der Waals surface area contributed by atoms with Crippen molar-refractivity contribution in [2.45, 2.75) is 38.8 Å². The molecule has 8 nitrogen and oxygen atoms in total. The van der Waals surface area contributed by atoms with E-state index in [4.69, 9.17) is 4.74 Å². The van der Waals surface area contributed by atoms with Gasteiger partial charge in [-0.05, 0) is 61.2 Å². The number of aryl methyl sites for hydroxylation is 1. The Bertz CT molecular complexity index is 854. The standard InChI is InChI=1S/C19H25N5O3S/c1-4-27-18(26)15-8-6-10-23(11-15)17(25)12-28-19-20-21-22-24(19)16-9-5-7-13(2)14(16)3/h5,7,9,15H,4,6,8,10-12H2,1-3H3. The fraction of sp³-hybridized carbons (Fsp3) is 0.526. The minimum atomic E-state index is -0.233. The maximum Gasteiger partial charge on any atom is 0.310 e. The second-order valence-corrected chi connectivity index (χ2v) is 7.75. The number of carbonyl (C=O) groups excluding carboxylic acids is 2. The van der Waals surface area contributed by atoms with Crippen LogP contribution in [0.2, 0.25) is 0 Å². The summed E-state index contributed by atoms with van der Waals surface area (Å²) in [5.41, 5.74) is 3.15. The van der Waals surface area contributed by atoms with E-state index in [9.17, 15) is 9.59 Å². The number of likely N-dealkylation sites (tertiary alicyclic amines) is 1. The maximum absolute atomic E-state index is 12.7. The Labute approximate surface area is 168 Å². The Hall–Kier alpha value is -2.42. The molecule has 0 N–H and O–H groups in total. The highest BCUT2D eigenvalue weighted by Crippen LogP contribution is 2.24. The Morgan fingerprint density at radius 2 is 2.14 bits per heavy atom. The van der Waals surface area contributed by atoms with Crippen molar-refractivity contribution in [3.05, 3.63) is 29.3 Å². The molecule has 1 aromatic heterocycles. The van der Waals surface area contributed by atoms with E-state index in [0.717, 1.165) is 29.7 Å². The van der Waals surface area contributed by atoms with Crippen molar-refractivity contribution < 1.29 is 14.3 Å². The number of aromatic nitrogens is 4. The molecule has 0 saturated carbocycles. The van der Waals surface area contributed by atoms with Crippen molar-refractivity contribution in [2.24, 2.45) is 5.92 Å². The van der Waals surface area contributed by atoms with Gasteiger partial charge in [0.15, 0.2) is 0 Å². The lowest BCUT2D eigenvalue weighted by Crippen LogP contribution is -2.43. The lowest BCUT2D eigenvalue weighted by Gasteiger charge is -2.31. The van der Waals surface area contributed by atoms with E-state index in [1.165, 1.54) is 11.8 Å². The third-order valence-electron chi connectivity index (χ3n) is 4.96. The molecule has 1 atom stereocenters. The van der Waals surface area contributed by atoms with Crippen molar-refractivity contribution in [1.29, 1.82) is 0 Å². The molecule has 150 valence electrons. The maximum atomic E-state index is 12.7. The molecule has 1 aromatic carbocycles. The summed E-state index contributed by atoms with van der Waals surface area (Å²) in [7, 11) is 0. The molecular weight excluding hydrogens is 378 g/mol. The summed E-state index contributed by atoms with van der Waals surface area (Å²) >= 11 is 1.30. The monoisotopic (exact) mass is 403 g/mol. The summed E-state index contributed by atoms with van der Waals surface area (Å²) in [6, 6.07) is 5.96. The van der Waals surface area contributed by atoms with Crippen LogP contribution in [-0.2, 0) is 14.3 Å². The third-order valence-corrected chi connectivity index (χ3v) is 5.87. The molecule has 3 rings (SSSR count). The van der Waals surface area contributed by atoms with Crippen LogP contribution in [-0.4, -0.2) is 62.4 Å². The highest BCUT2D eigenvalue weighted by molar-refractivity contribution is 7.99. The summed E-state index contributed by atoms with van der Waals surface area (Å²) in [5.74, 6) is -0.246. The van der Waals surface area contributed by atoms with Crippen molar-refractivity contribution in [3.63, 3.8) is 0 Å². The molecule has 0 spiro atoms. The van der Waals surface area contributed by atoms with Gasteiger partial charge in [0.2, 0.25) is 11.1 Å². The number of benzene rings is 1. The van der Waals surface area contributed by atoms with E-state index in [0.29, 0.717) is 24.9 Å². The quantitative estimate of drug-likeness (QED) is 0.539. The first-order valence-electron chi connectivity index (χ1n) is 9.43. The van der Waals surface area contributed by atoms with Crippen molar-refractivity contribution in [3.8, 4) is 5.69 Å². The number of hydrogen-bond acceptors (Lipinski definition) is 7. The van der Waals surface area contributed by atoms with Gasteiger partial charge in [-0.15, -0.1) is 5.10 Å². The SMILES string of the molecule is CCOC(=O)C1CCCN(C(=O)CSc2nnnn2-c2cccc(C)c2C)C1. The number of thioether (sulfide) groups is 1. The first-order chi connectivity index (χ1) is 13.5. The van der Waals surface area contributed by atoms with Crippen LogP contribution < -0.4 is 0 Å². The lowest BCUT2D eigenvalue weighted by molar-refractivity contribution is -0.151. The molecule has 1 aliphatic rings. The number of piperidine rings is 1. The average molecular weight is 404 g/mol. The summed E-state index contributed by atoms with van der Waals surface area (Å²) in [5, 5.41) is 12.5. The normalized spacial score (nSPS) is 16.8. The topological polar surface area (TPSA) is 90.2 Å². The largest absolute Gasteiger partial charge is 0.466 e. The summed E-state index contributed by atoms with van der Waals surface area (Å²) < 4.78 is 6.77.